The van der Waals surface area contributed by atoms with Gasteiger partial charge in [-0.2, -0.15) is 0 Å². The number of rotatable bonds is 6. The first kappa shape index (κ1) is 17.3. The average Bonchev–Trinajstić information content (AvgIpc) is 2.97. The maximum atomic E-state index is 10.2. The summed E-state index contributed by atoms with van der Waals surface area (Å²) in [5, 5.41) is 10.2. The SMILES string of the molecule is Cc1cc(C)c(C)c(OCC(O)CSc2nc3ccccc3s2)c1. The van der Waals surface area contributed by atoms with E-state index in [0.29, 0.717) is 12.4 Å². The molecule has 0 bridgehead atoms. The minimum Gasteiger partial charge on any atom is -0.491 e. The number of fused-ring (bicyclic) bond motifs is 1. The van der Waals surface area contributed by atoms with Crippen LogP contribution in [0.2, 0.25) is 0 Å². The van der Waals surface area contributed by atoms with Crippen molar-refractivity contribution >= 4 is 33.3 Å². The first-order chi connectivity index (χ1) is 11.5. The van der Waals surface area contributed by atoms with Crippen molar-refractivity contribution in [2.45, 2.75) is 31.2 Å². The van der Waals surface area contributed by atoms with Crippen molar-refractivity contribution in [1.82, 2.24) is 4.98 Å². The molecule has 0 aliphatic heterocycles. The number of aromatic nitrogens is 1. The summed E-state index contributed by atoms with van der Waals surface area (Å²) in [6, 6.07) is 12.3. The molecule has 2 aromatic carbocycles. The fourth-order valence-electron chi connectivity index (χ4n) is 2.47. The summed E-state index contributed by atoms with van der Waals surface area (Å²) >= 11 is 3.24. The lowest BCUT2D eigenvalue weighted by Gasteiger charge is -2.15. The van der Waals surface area contributed by atoms with Crippen molar-refractivity contribution in [2.24, 2.45) is 0 Å². The van der Waals surface area contributed by atoms with Gasteiger partial charge in [-0.15, -0.1) is 11.3 Å². The van der Waals surface area contributed by atoms with Gasteiger partial charge in [0, 0.05) is 5.75 Å². The molecule has 0 radical (unpaired) electrons. The molecule has 0 amide bonds. The molecule has 0 aliphatic rings. The second-order valence-corrected chi connectivity index (χ2v) is 8.23. The zero-order valence-corrected chi connectivity index (χ0v) is 15.7. The fourth-order valence-corrected chi connectivity index (χ4v) is 4.47. The number of hydrogen-bond acceptors (Lipinski definition) is 5. The third-order valence-corrected chi connectivity index (χ3v) is 6.19. The first-order valence-electron chi connectivity index (χ1n) is 7.90. The number of thiazole rings is 1. The Balaban J connectivity index is 1.55. The number of para-hydroxylation sites is 1. The lowest BCUT2D eigenvalue weighted by Crippen LogP contribution is -2.20. The predicted molar refractivity (Wildman–Crippen MR) is 102 cm³/mol. The van der Waals surface area contributed by atoms with Gasteiger partial charge in [-0.3, -0.25) is 0 Å². The number of benzene rings is 2. The van der Waals surface area contributed by atoms with Gasteiger partial charge in [-0.25, -0.2) is 4.98 Å². The van der Waals surface area contributed by atoms with Gasteiger partial charge < -0.3 is 9.84 Å². The van der Waals surface area contributed by atoms with Crippen LogP contribution in [0.25, 0.3) is 10.2 Å². The molecule has 1 heterocycles. The summed E-state index contributed by atoms with van der Waals surface area (Å²) in [5.41, 5.74) is 4.53. The third kappa shape index (κ3) is 4.09. The van der Waals surface area contributed by atoms with Crippen molar-refractivity contribution in [2.75, 3.05) is 12.4 Å². The normalized spacial score (nSPS) is 12.5. The Morgan fingerprint density at radius 2 is 2.00 bits per heavy atom. The predicted octanol–water partition coefficient (Wildman–Crippen LogP) is 4.75. The molecule has 0 fully saturated rings. The van der Waals surface area contributed by atoms with E-state index in [4.69, 9.17) is 4.74 Å². The molecule has 5 heteroatoms. The highest BCUT2D eigenvalue weighted by Crippen LogP contribution is 2.30. The Hall–Kier alpha value is -1.56. The standard InChI is InChI=1S/C19H21NO2S2/c1-12-8-13(2)14(3)17(9-12)22-10-15(21)11-23-19-20-16-6-4-5-7-18(16)24-19/h4-9,15,21H,10-11H2,1-3H3. The van der Waals surface area contributed by atoms with E-state index in [1.54, 1.807) is 23.1 Å². The van der Waals surface area contributed by atoms with E-state index >= 15 is 0 Å². The zero-order chi connectivity index (χ0) is 17.1. The largest absolute Gasteiger partial charge is 0.491 e. The molecule has 0 saturated carbocycles. The molecule has 1 N–H and O–H groups in total. The Morgan fingerprint density at radius 1 is 1.21 bits per heavy atom. The van der Waals surface area contributed by atoms with Crippen molar-refractivity contribution in [3.8, 4) is 5.75 Å². The Bertz CT molecular complexity index is 811. The number of aliphatic hydroxyl groups excluding tert-OH is 1. The summed E-state index contributed by atoms with van der Waals surface area (Å²) < 4.78 is 7.99. The quantitative estimate of drug-likeness (QED) is 0.645. The topological polar surface area (TPSA) is 42.4 Å². The van der Waals surface area contributed by atoms with E-state index < -0.39 is 6.10 Å². The van der Waals surface area contributed by atoms with Crippen molar-refractivity contribution in [3.05, 3.63) is 53.1 Å². The van der Waals surface area contributed by atoms with Gasteiger partial charge >= 0.3 is 0 Å². The summed E-state index contributed by atoms with van der Waals surface area (Å²) in [6.07, 6.45) is -0.526. The smallest absolute Gasteiger partial charge is 0.151 e. The average molecular weight is 360 g/mol. The van der Waals surface area contributed by atoms with E-state index in [2.05, 4.69) is 31.0 Å². The molecular formula is C19H21NO2S2. The van der Waals surface area contributed by atoms with Crippen LogP contribution in [0.5, 0.6) is 5.75 Å². The highest BCUT2D eigenvalue weighted by molar-refractivity contribution is 8.01. The summed E-state index contributed by atoms with van der Waals surface area (Å²) in [7, 11) is 0. The van der Waals surface area contributed by atoms with Gasteiger partial charge in [0.1, 0.15) is 12.4 Å². The van der Waals surface area contributed by atoms with Gasteiger partial charge in [-0.05, 0) is 55.7 Å². The minimum absolute atomic E-state index is 0.293. The van der Waals surface area contributed by atoms with Crippen LogP contribution >= 0.6 is 23.1 Å². The van der Waals surface area contributed by atoms with Crippen LogP contribution in [0.15, 0.2) is 40.7 Å². The molecule has 24 heavy (non-hydrogen) atoms. The summed E-state index contributed by atoms with van der Waals surface area (Å²) in [6.45, 7) is 6.47. The first-order valence-corrected chi connectivity index (χ1v) is 9.70. The molecular weight excluding hydrogens is 338 g/mol. The number of thioether (sulfide) groups is 1. The highest BCUT2D eigenvalue weighted by Gasteiger charge is 2.11. The number of aliphatic hydroxyl groups is 1. The molecule has 126 valence electrons. The lowest BCUT2D eigenvalue weighted by atomic mass is 10.1. The number of hydrogen-bond donors (Lipinski definition) is 1. The molecule has 1 aromatic heterocycles. The van der Waals surface area contributed by atoms with E-state index in [9.17, 15) is 5.11 Å². The van der Waals surface area contributed by atoms with E-state index in [-0.39, 0.29) is 0 Å². The Kier molecular flexibility index (Phi) is 5.43. The van der Waals surface area contributed by atoms with Crippen LogP contribution in [0.3, 0.4) is 0 Å². The molecule has 3 rings (SSSR count). The number of aryl methyl sites for hydroxylation is 2. The molecule has 0 aliphatic carbocycles. The summed E-state index contributed by atoms with van der Waals surface area (Å²) in [4.78, 5) is 4.57. The van der Waals surface area contributed by atoms with Gasteiger partial charge in [-0.1, -0.05) is 30.0 Å². The maximum Gasteiger partial charge on any atom is 0.151 e. The van der Waals surface area contributed by atoms with E-state index in [1.807, 2.05) is 31.2 Å². The molecule has 3 nitrogen and oxygen atoms in total. The van der Waals surface area contributed by atoms with Crippen molar-refractivity contribution < 1.29 is 9.84 Å². The second-order valence-electron chi connectivity index (χ2n) is 5.93. The molecule has 0 spiro atoms. The van der Waals surface area contributed by atoms with Gasteiger partial charge in [0.15, 0.2) is 4.34 Å². The lowest BCUT2D eigenvalue weighted by molar-refractivity contribution is 0.126. The van der Waals surface area contributed by atoms with E-state index in [1.165, 1.54) is 15.8 Å². The number of ether oxygens (including phenoxy) is 1. The van der Waals surface area contributed by atoms with Gasteiger partial charge in [0.05, 0.1) is 16.3 Å². The molecule has 1 unspecified atom stereocenters. The molecule has 0 saturated heterocycles. The van der Waals surface area contributed by atoms with E-state index in [0.717, 1.165) is 21.2 Å². The van der Waals surface area contributed by atoms with Crippen LogP contribution in [0.4, 0.5) is 0 Å². The fraction of sp³-hybridized carbons (Fsp3) is 0.316. The monoisotopic (exact) mass is 359 g/mol. The van der Waals surface area contributed by atoms with Gasteiger partial charge in [0.2, 0.25) is 0 Å². The molecule has 3 aromatic rings. The number of nitrogens with zero attached hydrogens (tertiary/aromatic N) is 1. The van der Waals surface area contributed by atoms with Crippen LogP contribution in [-0.2, 0) is 0 Å². The maximum absolute atomic E-state index is 10.2. The van der Waals surface area contributed by atoms with Crippen molar-refractivity contribution in [1.29, 1.82) is 0 Å². The Labute approximate surface area is 150 Å². The van der Waals surface area contributed by atoms with Crippen LogP contribution in [0, 0.1) is 20.8 Å². The molecule has 1 atom stereocenters. The Morgan fingerprint density at radius 3 is 2.79 bits per heavy atom. The second kappa shape index (κ2) is 7.55. The van der Waals surface area contributed by atoms with Crippen LogP contribution in [-0.4, -0.2) is 28.6 Å². The van der Waals surface area contributed by atoms with Gasteiger partial charge in [0.25, 0.3) is 0 Å². The van der Waals surface area contributed by atoms with Crippen LogP contribution < -0.4 is 4.74 Å². The zero-order valence-electron chi connectivity index (χ0n) is 14.1. The minimum atomic E-state index is -0.526. The van der Waals surface area contributed by atoms with Crippen molar-refractivity contribution in [3.63, 3.8) is 0 Å². The third-order valence-electron chi connectivity index (χ3n) is 3.87. The van der Waals surface area contributed by atoms with Crippen LogP contribution in [0.1, 0.15) is 16.7 Å². The highest BCUT2D eigenvalue weighted by atomic mass is 32.2. The summed E-state index contributed by atoms with van der Waals surface area (Å²) in [5.74, 6) is 1.43.